The molecule has 0 aromatic rings. The molecule has 1 aliphatic carbocycles. The Hall–Kier alpha value is -0.260. The van der Waals surface area contributed by atoms with Gasteiger partial charge in [0.05, 0.1) is 0 Å². The van der Waals surface area contributed by atoms with Crippen molar-refractivity contribution in [3.8, 4) is 0 Å². The van der Waals surface area contributed by atoms with Crippen LogP contribution in [0.15, 0.2) is 12.7 Å². The molecule has 0 aromatic carbocycles. The quantitative estimate of drug-likeness (QED) is 0.571. The molecule has 0 bridgehead atoms. The number of hydrogen-bond acceptors (Lipinski definition) is 0. The van der Waals surface area contributed by atoms with Gasteiger partial charge < -0.3 is 0 Å². The molecule has 1 fully saturated rings. The Labute approximate surface area is 89.8 Å². The van der Waals surface area contributed by atoms with Crippen molar-refractivity contribution in [3.05, 3.63) is 12.7 Å². The van der Waals surface area contributed by atoms with Crippen molar-refractivity contribution in [2.75, 3.05) is 0 Å². The fourth-order valence-electron chi connectivity index (χ4n) is 3.06. The normalized spacial score (nSPS) is 33.3. The standard InChI is InChI=1S/C14H26/c1-5-6-7-13-10-12(4)8-9-14(13)11(2)3/h5,11-14H,1,6-10H2,2-4H3. The predicted octanol–water partition coefficient (Wildman–Crippen LogP) is 4.66. The fraction of sp³-hybridized carbons (Fsp3) is 0.857. The van der Waals surface area contributed by atoms with Crippen molar-refractivity contribution >= 4 is 0 Å². The van der Waals surface area contributed by atoms with Crippen LogP contribution >= 0.6 is 0 Å². The third kappa shape index (κ3) is 3.15. The van der Waals surface area contributed by atoms with Gasteiger partial charge in [-0.15, -0.1) is 6.58 Å². The van der Waals surface area contributed by atoms with Crippen molar-refractivity contribution < 1.29 is 0 Å². The number of allylic oxidation sites excluding steroid dienone is 1. The van der Waals surface area contributed by atoms with Gasteiger partial charge in [-0.25, -0.2) is 0 Å². The van der Waals surface area contributed by atoms with Crippen molar-refractivity contribution in [2.24, 2.45) is 23.7 Å². The minimum Gasteiger partial charge on any atom is -0.103 e. The monoisotopic (exact) mass is 194 g/mol. The van der Waals surface area contributed by atoms with E-state index in [0.717, 1.165) is 23.7 Å². The van der Waals surface area contributed by atoms with E-state index in [1.54, 1.807) is 0 Å². The van der Waals surface area contributed by atoms with Gasteiger partial charge in [-0.05, 0) is 49.4 Å². The molecule has 1 rings (SSSR count). The zero-order valence-electron chi connectivity index (χ0n) is 10.1. The summed E-state index contributed by atoms with van der Waals surface area (Å²) in [5, 5.41) is 0. The van der Waals surface area contributed by atoms with Gasteiger partial charge in [0.1, 0.15) is 0 Å². The first kappa shape index (κ1) is 11.8. The van der Waals surface area contributed by atoms with Crippen LogP contribution < -0.4 is 0 Å². The maximum absolute atomic E-state index is 3.83. The van der Waals surface area contributed by atoms with Crippen molar-refractivity contribution in [3.63, 3.8) is 0 Å². The Morgan fingerprint density at radius 2 is 2.07 bits per heavy atom. The summed E-state index contributed by atoms with van der Waals surface area (Å²) in [7, 11) is 0. The molecule has 82 valence electrons. The van der Waals surface area contributed by atoms with Crippen LogP contribution in [0.1, 0.15) is 52.9 Å². The van der Waals surface area contributed by atoms with Crippen LogP contribution in [0.3, 0.4) is 0 Å². The SMILES string of the molecule is C=CCCC1CC(C)CCC1C(C)C. The second-order valence-corrected chi connectivity index (χ2v) is 5.45. The Balaban J connectivity index is 2.49. The summed E-state index contributed by atoms with van der Waals surface area (Å²) in [6.45, 7) is 11.0. The van der Waals surface area contributed by atoms with Crippen LogP contribution in [0.4, 0.5) is 0 Å². The molecule has 0 heterocycles. The summed E-state index contributed by atoms with van der Waals surface area (Å²) >= 11 is 0. The summed E-state index contributed by atoms with van der Waals surface area (Å²) in [5.41, 5.74) is 0. The zero-order valence-corrected chi connectivity index (χ0v) is 10.1. The van der Waals surface area contributed by atoms with E-state index in [1.165, 1.54) is 32.1 Å². The van der Waals surface area contributed by atoms with E-state index in [9.17, 15) is 0 Å². The molecule has 0 amide bonds. The fourth-order valence-corrected chi connectivity index (χ4v) is 3.06. The molecule has 0 radical (unpaired) electrons. The van der Waals surface area contributed by atoms with Gasteiger partial charge in [0.2, 0.25) is 0 Å². The Morgan fingerprint density at radius 1 is 1.36 bits per heavy atom. The summed E-state index contributed by atoms with van der Waals surface area (Å²) in [4.78, 5) is 0. The molecule has 0 aromatic heterocycles. The average molecular weight is 194 g/mol. The van der Waals surface area contributed by atoms with Gasteiger partial charge in [-0.3, -0.25) is 0 Å². The lowest BCUT2D eigenvalue weighted by Crippen LogP contribution is -2.27. The maximum Gasteiger partial charge on any atom is -0.0351 e. The van der Waals surface area contributed by atoms with E-state index >= 15 is 0 Å². The smallest absolute Gasteiger partial charge is 0.0351 e. The highest BCUT2D eigenvalue weighted by Gasteiger charge is 2.29. The maximum atomic E-state index is 3.83. The van der Waals surface area contributed by atoms with Gasteiger partial charge in [-0.1, -0.05) is 33.3 Å². The van der Waals surface area contributed by atoms with E-state index in [0.29, 0.717) is 0 Å². The van der Waals surface area contributed by atoms with Crippen molar-refractivity contribution in [2.45, 2.75) is 52.9 Å². The highest BCUT2D eigenvalue weighted by Crippen LogP contribution is 2.40. The highest BCUT2D eigenvalue weighted by molar-refractivity contribution is 4.82. The highest BCUT2D eigenvalue weighted by atomic mass is 14.3. The summed E-state index contributed by atoms with van der Waals surface area (Å²) in [5.74, 6) is 3.78. The molecule has 3 atom stereocenters. The van der Waals surface area contributed by atoms with Crippen LogP contribution in [0.2, 0.25) is 0 Å². The summed E-state index contributed by atoms with van der Waals surface area (Å²) < 4.78 is 0. The third-order valence-electron chi connectivity index (χ3n) is 3.90. The first-order chi connectivity index (χ1) is 6.65. The first-order valence-electron chi connectivity index (χ1n) is 6.26. The molecule has 1 aliphatic rings. The second kappa shape index (κ2) is 5.58. The third-order valence-corrected chi connectivity index (χ3v) is 3.90. The minimum absolute atomic E-state index is 0.873. The van der Waals surface area contributed by atoms with Gasteiger partial charge in [0, 0.05) is 0 Å². The van der Waals surface area contributed by atoms with E-state index in [2.05, 4.69) is 33.4 Å². The van der Waals surface area contributed by atoms with Gasteiger partial charge in [0.25, 0.3) is 0 Å². The lowest BCUT2D eigenvalue weighted by Gasteiger charge is -2.37. The molecular weight excluding hydrogens is 168 g/mol. The zero-order chi connectivity index (χ0) is 10.6. The molecule has 1 saturated carbocycles. The van der Waals surface area contributed by atoms with E-state index in [-0.39, 0.29) is 0 Å². The molecule has 0 nitrogen and oxygen atoms in total. The van der Waals surface area contributed by atoms with E-state index < -0.39 is 0 Å². The van der Waals surface area contributed by atoms with E-state index in [4.69, 9.17) is 0 Å². The number of hydrogen-bond donors (Lipinski definition) is 0. The Bertz CT molecular complexity index is 169. The first-order valence-corrected chi connectivity index (χ1v) is 6.26. The van der Waals surface area contributed by atoms with E-state index in [1.807, 2.05) is 0 Å². The van der Waals surface area contributed by atoms with Gasteiger partial charge in [-0.2, -0.15) is 0 Å². The largest absolute Gasteiger partial charge is 0.103 e. The average Bonchev–Trinajstić information content (AvgIpc) is 2.14. The van der Waals surface area contributed by atoms with Gasteiger partial charge >= 0.3 is 0 Å². The lowest BCUT2D eigenvalue weighted by atomic mass is 9.68. The lowest BCUT2D eigenvalue weighted by molar-refractivity contribution is 0.137. The predicted molar refractivity (Wildman–Crippen MR) is 64.3 cm³/mol. The molecule has 3 unspecified atom stereocenters. The Morgan fingerprint density at radius 3 is 2.64 bits per heavy atom. The number of rotatable bonds is 4. The molecular formula is C14H26. The minimum atomic E-state index is 0.873. The molecule has 0 aliphatic heterocycles. The van der Waals surface area contributed by atoms with Crippen molar-refractivity contribution in [1.29, 1.82) is 0 Å². The molecule has 0 spiro atoms. The second-order valence-electron chi connectivity index (χ2n) is 5.45. The van der Waals surface area contributed by atoms with Crippen LogP contribution in [-0.2, 0) is 0 Å². The molecule has 0 heteroatoms. The topological polar surface area (TPSA) is 0 Å². The summed E-state index contributed by atoms with van der Waals surface area (Å²) in [6, 6.07) is 0. The van der Waals surface area contributed by atoms with Crippen LogP contribution in [0.25, 0.3) is 0 Å². The molecule has 0 N–H and O–H groups in total. The Kier molecular flexibility index (Phi) is 4.71. The van der Waals surface area contributed by atoms with Crippen LogP contribution in [-0.4, -0.2) is 0 Å². The van der Waals surface area contributed by atoms with Crippen LogP contribution in [0, 0.1) is 23.7 Å². The van der Waals surface area contributed by atoms with Gasteiger partial charge in [0.15, 0.2) is 0 Å². The van der Waals surface area contributed by atoms with Crippen molar-refractivity contribution in [1.82, 2.24) is 0 Å². The summed E-state index contributed by atoms with van der Waals surface area (Å²) in [6.07, 6.45) is 9.03. The van der Waals surface area contributed by atoms with Crippen LogP contribution in [0.5, 0.6) is 0 Å². The molecule has 14 heavy (non-hydrogen) atoms. The molecule has 0 saturated heterocycles.